The predicted octanol–water partition coefficient (Wildman–Crippen LogP) is 3.43. The van der Waals surface area contributed by atoms with Crippen LogP contribution in [0.1, 0.15) is 55.6 Å². The van der Waals surface area contributed by atoms with Crippen molar-refractivity contribution in [3.8, 4) is 11.1 Å². The number of carboxylic acid groups (broad SMARTS) is 1. The van der Waals surface area contributed by atoms with Gasteiger partial charge in [0.05, 0.1) is 0 Å². The Morgan fingerprint density at radius 3 is 2.26 bits per heavy atom. The van der Waals surface area contributed by atoms with E-state index in [0.717, 1.165) is 36.8 Å². The molecule has 0 aromatic heterocycles. The first-order valence-corrected chi connectivity index (χ1v) is 12.2. The normalized spacial score (nSPS) is 19.8. The number of aliphatic carboxylic acids is 1. The fourth-order valence-corrected chi connectivity index (χ4v) is 5.22. The third kappa shape index (κ3) is 6.00. The molecule has 0 heterocycles. The van der Waals surface area contributed by atoms with E-state index in [1.165, 1.54) is 11.1 Å². The second-order valence-corrected chi connectivity index (χ2v) is 9.32. The number of carbonyl (C=O) groups is 3. The molecule has 35 heavy (non-hydrogen) atoms. The van der Waals surface area contributed by atoms with Crippen molar-refractivity contribution in [3.05, 3.63) is 59.7 Å². The number of rotatable bonds is 9. The molecule has 2 aliphatic rings. The summed E-state index contributed by atoms with van der Waals surface area (Å²) in [6, 6.07) is 16.2. The van der Waals surface area contributed by atoms with Crippen LogP contribution in [0.3, 0.4) is 0 Å². The minimum atomic E-state index is -1.49. The van der Waals surface area contributed by atoms with E-state index in [1.54, 1.807) is 0 Å². The van der Waals surface area contributed by atoms with Gasteiger partial charge in [0.2, 0.25) is 5.91 Å². The van der Waals surface area contributed by atoms with Gasteiger partial charge >= 0.3 is 12.1 Å². The Balaban J connectivity index is 1.29. The van der Waals surface area contributed by atoms with Crippen molar-refractivity contribution in [2.24, 2.45) is 5.92 Å². The topological polar surface area (TPSA) is 125 Å². The summed E-state index contributed by atoms with van der Waals surface area (Å²) < 4.78 is 5.68. The molecule has 1 fully saturated rings. The first kappa shape index (κ1) is 24.7. The Morgan fingerprint density at radius 1 is 0.971 bits per heavy atom. The van der Waals surface area contributed by atoms with Gasteiger partial charge in [0.25, 0.3) is 0 Å². The molecule has 0 spiro atoms. The monoisotopic (exact) mass is 480 g/mol. The zero-order valence-electron chi connectivity index (χ0n) is 19.6. The van der Waals surface area contributed by atoms with Crippen molar-refractivity contribution in [2.45, 2.75) is 56.6 Å². The van der Waals surface area contributed by atoms with Gasteiger partial charge in [-0.2, -0.15) is 0 Å². The van der Waals surface area contributed by atoms with Crippen LogP contribution in [0.4, 0.5) is 4.79 Å². The van der Waals surface area contributed by atoms with E-state index in [-0.39, 0.29) is 49.8 Å². The maximum absolute atomic E-state index is 12.7. The van der Waals surface area contributed by atoms with Gasteiger partial charge in [0.1, 0.15) is 6.61 Å². The number of benzene rings is 2. The molecule has 2 aliphatic carbocycles. The van der Waals surface area contributed by atoms with E-state index in [4.69, 9.17) is 9.84 Å². The van der Waals surface area contributed by atoms with Crippen LogP contribution in [-0.2, 0) is 14.3 Å². The van der Waals surface area contributed by atoms with Crippen molar-refractivity contribution in [1.29, 1.82) is 0 Å². The van der Waals surface area contributed by atoms with E-state index >= 15 is 0 Å². The largest absolute Gasteiger partial charge is 0.479 e. The molecule has 4 rings (SSSR count). The standard InChI is InChI=1S/C27H32N2O6/c30-24(26(32)33)13-14-28-25(31)15-17-7-1-6-12-23(17)29-27(34)35-16-22-20-10-4-2-8-18(20)19-9-3-5-11-21(19)22/h2-5,8-11,17,22-24,30H,1,6-7,12-16H2,(H,28,31)(H,29,34)(H,32,33)/t17-,23-,24?/m0/s1. The third-order valence-electron chi connectivity index (χ3n) is 7.03. The maximum Gasteiger partial charge on any atom is 0.407 e. The van der Waals surface area contributed by atoms with E-state index in [0.29, 0.717) is 0 Å². The summed E-state index contributed by atoms with van der Waals surface area (Å²) in [5, 5.41) is 23.7. The van der Waals surface area contributed by atoms with Gasteiger partial charge in [-0.15, -0.1) is 0 Å². The lowest BCUT2D eigenvalue weighted by molar-refractivity contribution is -0.147. The van der Waals surface area contributed by atoms with Crippen molar-refractivity contribution < 1.29 is 29.3 Å². The average molecular weight is 481 g/mol. The maximum atomic E-state index is 12.7. The smallest absolute Gasteiger partial charge is 0.407 e. The van der Waals surface area contributed by atoms with Crippen LogP contribution in [0.25, 0.3) is 11.1 Å². The Kier molecular flexibility index (Phi) is 8.02. The number of carboxylic acids is 1. The number of aliphatic hydroxyl groups excluding tert-OH is 1. The van der Waals surface area contributed by atoms with Crippen LogP contribution < -0.4 is 10.6 Å². The molecule has 1 saturated carbocycles. The van der Waals surface area contributed by atoms with Gasteiger partial charge in [-0.25, -0.2) is 9.59 Å². The summed E-state index contributed by atoms with van der Waals surface area (Å²) in [5.41, 5.74) is 4.65. The summed E-state index contributed by atoms with van der Waals surface area (Å²) in [6.07, 6.45) is 1.77. The molecule has 1 unspecified atom stereocenters. The zero-order valence-corrected chi connectivity index (χ0v) is 19.6. The lowest BCUT2D eigenvalue weighted by Gasteiger charge is -2.31. The summed E-state index contributed by atoms with van der Waals surface area (Å²) in [5.74, 6) is -1.55. The minimum absolute atomic E-state index is 0.0118. The van der Waals surface area contributed by atoms with Crippen LogP contribution >= 0.6 is 0 Å². The van der Waals surface area contributed by atoms with Crippen LogP contribution in [0.2, 0.25) is 0 Å². The van der Waals surface area contributed by atoms with Crippen LogP contribution in [0.15, 0.2) is 48.5 Å². The minimum Gasteiger partial charge on any atom is -0.479 e. The van der Waals surface area contributed by atoms with Crippen LogP contribution in [-0.4, -0.2) is 53.5 Å². The molecule has 2 amide bonds. The van der Waals surface area contributed by atoms with Crippen LogP contribution in [0.5, 0.6) is 0 Å². The second kappa shape index (κ2) is 11.4. The molecular weight excluding hydrogens is 448 g/mol. The number of hydrogen-bond acceptors (Lipinski definition) is 5. The van der Waals surface area contributed by atoms with Gasteiger partial charge in [0, 0.05) is 31.3 Å². The molecular formula is C27H32N2O6. The van der Waals surface area contributed by atoms with Gasteiger partial charge in [-0.3, -0.25) is 4.79 Å². The van der Waals surface area contributed by atoms with E-state index in [9.17, 15) is 19.5 Å². The number of alkyl carbamates (subject to hydrolysis) is 1. The molecule has 0 radical (unpaired) electrons. The van der Waals surface area contributed by atoms with Crippen LogP contribution in [0, 0.1) is 5.92 Å². The van der Waals surface area contributed by atoms with Gasteiger partial charge in [0.15, 0.2) is 6.10 Å². The molecule has 0 saturated heterocycles. The lowest BCUT2D eigenvalue weighted by atomic mass is 9.82. The zero-order chi connectivity index (χ0) is 24.8. The SMILES string of the molecule is O=C(C[C@@H]1CCCC[C@@H]1NC(=O)OCC1c2ccccc2-c2ccccc21)NCCC(O)C(=O)O. The molecule has 186 valence electrons. The number of nitrogens with one attached hydrogen (secondary N) is 2. The quantitative estimate of drug-likeness (QED) is 0.436. The van der Waals surface area contributed by atoms with Crippen molar-refractivity contribution >= 4 is 18.0 Å². The molecule has 2 aromatic rings. The van der Waals surface area contributed by atoms with Crippen molar-refractivity contribution in [3.63, 3.8) is 0 Å². The van der Waals surface area contributed by atoms with Gasteiger partial charge in [-0.1, -0.05) is 61.4 Å². The number of amides is 2. The Bertz CT molecular complexity index is 1030. The first-order valence-electron chi connectivity index (χ1n) is 12.2. The van der Waals surface area contributed by atoms with Crippen molar-refractivity contribution in [1.82, 2.24) is 10.6 Å². The predicted molar refractivity (Wildman–Crippen MR) is 130 cm³/mol. The van der Waals surface area contributed by atoms with Crippen molar-refractivity contribution in [2.75, 3.05) is 13.2 Å². The fourth-order valence-electron chi connectivity index (χ4n) is 5.22. The number of aliphatic hydroxyl groups is 1. The number of carbonyl (C=O) groups excluding carboxylic acids is 2. The third-order valence-corrected chi connectivity index (χ3v) is 7.03. The van der Waals surface area contributed by atoms with E-state index in [1.807, 2.05) is 24.3 Å². The summed E-state index contributed by atoms with van der Waals surface area (Å²) in [4.78, 5) is 35.7. The lowest BCUT2D eigenvalue weighted by Crippen LogP contribution is -2.44. The summed E-state index contributed by atoms with van der Waals surface area (Å²) >= 11 is 0. The molecule has 8 nitrogen and oxygen atoms in total. The summed E-state index contributed by atoms with van der Waals surface area (Å²) in [6.45, 7) is 0.327. The average Bonchev–Trinajstić information content (AvgIpc) is 3.17. The first-order chi connectivity index (χ1) is 16.9. The Labute approximate surface area is 204 Å². The highest BCUT2D eigenvalue weighted by molar-refractivity contribution is 5.79. The Morgan fingerprint density at radius 2 is 1.60 bits per heavy atom. The Hall–Kier alpha value is -3.39. The molecule has 0 aliphatic heterocycles. The number of fused-ring (bicyclic) bond motifs is 3. The van der Waals surface area contributed by atoms with E-state index in [2.05, 4.69) is 34.9 Å². The molecule has 0 bridgehead atoms. The second-order valence-electron chi connectivity index (χ2n) is 9.32. The molecule has 3 atom stereocenters. The highest BCUT2D eigenvalue weighted by Gasteiger charge is 2.31. The van der Waals surface area contributed by atoms with E-state index < -0.39 is 18.2 Å². The molecule has 2 aromatic carbocycles. The number of hydrogen-bond donors (Lipinski definition) is 4. The fraction of sp³-hybridized carbons (Fsp3) is 0.444. The molecule has 8 heteroatoms. The number of ether oxygens (including phenoxy) is 1. The highest BCUT2D eigenvalue weighted by atomic mass is 16.5. The summed E-state index contributed by atoms with van der Waals surface area (Å²) in [7, 11) is 0. The molecule has 4 N–H and O–H groups in total. The van der Waals surface area contributed by atoms with Gasteiger partial charge in [-0.05, 0) is 41.0 Å². The van der Waals surface area contributed by atoms with Gasteiger partial charge < -0.3 is 25.6 Å². The highest BCUT2D eigenvalue weighted by Crippen LogP contribution is 2.44.